The number of nitrogens with one attached hydrogen (secondary N) is 1. The predicted molar refractivity (Wildman–Crippen MR) is 103 cm³/mol. The largest absolute Gasteiger partial charge is 0.435 e. The average molecular weight is 445 g/mol. The van der Waals surface area contributed by atoms with Gasteiger partial charge in [-0.3, -0.25) is 14.3 Å². The van der Waals surface area contributed by atoms with Crippen molar-refractivity contribution in [2.24, 2.45) is 0 Å². The second-order valence-electron chi connectivity index (χ2n) is 6.54. The monoisotopic (exact) mass is 445 g/mol. The molecule has 2 heterocycles. The Morgan fingerprint density at radius 1 is 1.23 bits per heavy atom. The second kappa shape index (κ2) is 8.13. The number of benzene rings is 1. The number of hydrogen-bond donors (Lipinski definition) is 1. The number of fused-ring (bicyclic) bond motifs is 1. The van der Waals surface area contributed by atoms with E-state index in [0.717, 1.165) is 6.07 Å². The number of hydrogen-bond acceptors (Lipinski definition) is 4. The smallest absolute Gasteiger partial charge is 0.417 e. The fourth-order valence-electron chi connectivity index (χ4n) is 3.02. The number of pyridine rings is 1. The fraction of sp³-hybridized carbons (Fsp3) is 0.316. The van der Waals surface area contributed by atoms with E-state index in [-0.39, 0.29) is 33.5 Å². The Kier molecular flexibility index (Phi) is 5.93. The van der Waals surface area contributed by atoms with Crippen LogP contribution in [0.5, 0.6) is 5.75 Å². The lowest BCUT2D eigenvalue weighted by Crippen LogP contribution is -2.22. The summed E-state index contributed by atoms with van der Waals surface area (Å²) in [7, 11) is 0. The van der Waals surface area contributed by atoms with Crippen LogP contribution in [0, 0.1) is 4.77 Å². The van der Waals surface area contributed by atoms with Crippen LogP contribution in [0.25, 0.3) is 22.3 Å². The van der Waals surface area contributed by atoms with Crippen molar-refractivity contribution >= 4 is 23.3 Å². The van der Waals surface area contributed by atoms with Gasteiger partial charge in [-0.2, -0.15) is 22.0 Å². The van der Waals surface area contributed by atoms with E-state index in [1.165, 1.54) is 28.8 Å². The van der Waals surface area contributed by atoms with Gasteiger partial charge in [0.2, 0.25) is 0 Å². The molecule has 0 radical (unpaired) electrons. The van der Waals surface area contributed by atoms with Gasteiger partial charge in [0.1, 0.15) is 11.4 Å². The van der Waals surface area contributed by atoms with E-state index in [2.05, 4.69) is 14.7 Å². The molecule has 0 aliphatic heterocycles. The molecule has 0 bridgehead atoms. The lowest BCUT2D eigenvalue weighted by molar-refractivity contribution is -0.136. The van der Waals surface area contributed by atoms with Crippen molar-refractivity contribution in [1.29, 1.82) is 0 Å². The van der Waals surface area contributed by atoms with Crippen LogP contribution < -0.4 is 10.3 Å². The third kappa shape index (κ3) is 4.20. The van der Waals surface area contributed by atoms with Crippen LogP contribution in [0.15, 0.2) is 35.1 Å². The molecule has 1 atom stereocenters. The molecule has 0 amide bonds. The number of halogens is 5. The summed E-state index contributed by atoms with van der Waals surface area (Å²) in [5.41, 5.74) is -2.21. The van der Waals surface area contributed by atoms with E-state index in [0.29, 0.717) is 6.42 Å². The number of nitrogens with zero attached hydrogens (tertiary/aromatic N) is 2. The highest BCUT2D eigenvalue weighted by molar-refractivity contribution is 7.71. The zero-order valence-corrected chi connectivity index (χ0v) is 16.6. The van der Waals surface area contributed by atoms with Crippen LogP contribution in [-0.4, -0.2) is 21.1 Å². The Hall–Kier alpha value is -2.82. The number of aromatic nitrogens is 3. The predicted octanol–water partition coefficient (Wildman–Crippen LogP) is 5.71. The molecule has 0 fully saturated rings. The summed E-state index contributed by atoms with van der Waals surface area (Å²) in [6, 6.07) is 5.43. The van der Waals surface area contributed by atoms with Crippen molar-refractivity contribution in [3.05, 3.63) is 51.0 Å². The van der Waals surface area contributed by atoms with Gasteiger partial charge in [0.15, 0.2) is 4.77 Å². The van der Waals surface area contributed by atoms with Crippen LogP contribution >= 0.6 is 12.2 Å². The molecule has 0 saturated heterocycles. The van der Waals surface area contributed by atoms with Crippen molar-refractivity contribution in [3.8, 4) is 17.0 Å². The first-order chi connectivity index (χ1) is 14.0. The maximum atomic E-state index is 13.8. The zero-order valence-electron chi connectivity index (χ0n) is 15.8. The first-order valence-electron chi connectivity index (χ1n) is 8.85. The number of alkyl halides is 5. The van der Waals surface area contributed by atoms with Crippen molar-refractivity contribution in [2.75, 3.05) is 0 Å². The molecule has 30 heavy (non-hydrogen) atoms. The summed E-state index contributed by atoms with van der Waals surface area (Å²) in [5.74, 6) is -0.149. The third-order valence-electron chi connectivity index (χ3n) is 4.61. The van der Waals surface area contributed by atoms with Gasteiger partial charge in [-0.1, -0.05) is 6.92 Å². The highest BCUT2D eigenvalue weighted by atomic mass is 32.1. The molecule has 0 aliphatic carbocycles. The van der Waals surface area contributed by atoms with Gasteiger partial charge < -0.3 is 4.74 Å². The molecule has 1 N–H and O–H groups in total. The quantitative estimate of drug-likeness (QED) is 0.404. The highest BCUT2D eigenvalue weighted by Gasteiger charge is 2.35. The fourth-order valence-corrected chi connectivity index (χ4v) is 3.38. The van der Waals surface area contributed by atoms with Gasteiger partial charge >= 0.3 is 12.8 Å². The molecule has 0 aliphatic rings. The third-order valence-corrected chi connectivity index (χ3v) is 4.91. The van der Waals surface area contributed by atoms with Crippen LogP contribution in [-0.2, 0) is 6.18 Å². The Bertz CT molecular complexity index is 1190. The second-order valence-corrected chi connectivity index (χ2v) is 6.93. The number of rotatable bonds is 5. The lowest BCUT2D eigenvalue weighted by Gasteiger charge is -2.19. The minimum atomic E-state index is -4.84. The molecule has 11 heteroatoms. The van der Waals surface area contributed by atoms with Crippen molar-refractivity contribution in [3.63, 3.8) is 0 Å². The van der Waals surface area contributed by atoms with Gasteiger partial charge in [0, 0.05) is 11.6 Å². The number of aromatic amines is 1. The summed E-state index contributed by atoms with van der Waals surface area (Å²) in [6.07, 6.45) is -4.31. The van der Waals surface area contributed by atoms with E-state index < -0.39 is 29.3 Å². The first kappa shape index (κ1) is 21.9. The topological polar surface area (TPSA) is 59.9 Å². The highest BCUT2D eigenvalue weighted by Crippen LogP contribution is 2.36. The van der Waals surface area contributed by atoms with Gasteiger partial charge in [0.25, 0.3) is 5.56 Å². The summed E-state index contributed by atoms with van der Waals surface area (Å²) >= 11 is 5.16. The average Bonchev–Trinajstić information content (AvgIpc) is 2.66. The van der Waals surface area contributed by atoms with Crippen LogP contribution in [0.4, 0.5) is 22.0 Å². The van der Waals surface area contributed by atoms with Crippen LogP contribution in [0.2, 0.25) is 0 Å². The van der Waals surface area contributed by atoms with Crippen LogP contribution in [0.1, 0.15) is 31.9 Å². The zero-order chi connectivity index (χ0) is 22.2. The molecule has 2 aromatic heterocycles. The van der Waals surface area contributed by atoms with Crippen molar-refractivity contribution in [1.82, 2.24) is 14.5 Å². The number of H-pyrrole nitrogens is 1. The van der Waals surface area contributed by atoms with Gasteiger partial charge in [-0.05, 0) is 55.9 Å². The van der Waals surface area contributed by atoms with Gasteiger partial charge in [-0.25, -0.2) is 4.98 Å². The molecule has 3 rings (SSSR count). The summed E-state index contributed by atoms with van der Waals surface area (Å²) in [4.78, 5) is 18.9. The molecule has 0 saturated carbocycles. The summed E-state index contributed by atoms with van der Waals surface area (Å²) in [6.45, 7) is 0.531. The Morgan fingerprint density at radius 2 is 1.87 bits per heavy atom. The van der Waals surface area contributed by atoms with E-state index in [1.54, 1.807) is 6.92 Å². The molecule has 0 unspecified atom stereocenters. The summed E-state index contributed by atoms with van der Waals surface area (Å²) in [5, 5.41) is -0.613. The van der Waals surface area contributed by atoms with Gasteiger partial charge in [0.05, 0.1) is 16.6 Å². The van der Waals surface area contributed by atoms with Crippen molar-refractivity contribution in [2.45, 2.75) is 39.1 Å². The molecular weight excluding hydrogens is 429 g/mol. The minimum absolute atomic E-state index is 0.0414. The number of ether oxygens (including phenoxy) is 1. The van der Waals surface area contributed by atoms with Crippen molar-refractivity contribution < 1.29 is 26.7 Å². The van der Waals surface area contributed by atoms with E-state index in [9.17, 15) is 26.7 Å². The standard InChI is InChI=1S/C19H16F5N3O2S/c1-3-9(2)27-15-14(16(28)26-18(27)30)12(19(22,23)24)8-13(25-15)10-4-6-11(7-5-10)29-17(20)21/h4-9,17H,3H2,1-2H3,(H,26,28,30)/t9-/m0/s1. The SMILES string of the molecule is CC[C@H](C)n1c(=S)[nH]c(=O)c2c(C(F)(F)F)cc(-c3ccc(OC(F)F)cc3)nc21. The van der Waals surface area contributed by atoms with E-state index in [1.807, 2.05) is 6.92 Å². The molecule has 0 spiro atoms. The maximum Gasteiger partial charge on any atom is 0.417 e. The van der Waals surface area contributed by atoms with E-state index >= 15 is 0 Å². The van der Waals surface area contributed by atoms with Gasteiger partial charge in [-0.15, -0.1) is 0 Å². The Balaban J connectivity index is 2.34. The lowest BCUT2D eigenvalue weighted by atomic mass is 10.1. The molecular formula is C19H16F5N3O2S. The maximum absolute atomic E-state index is 13.8. The summed E-state index contributed by atoms with van der Waals surface area (Å²) < 4.78 is 71.6. The molecule has 5 nitrogen and oxygen atoms in total. The Morgan fingerprint density at radius 3 is 2.40 bits per heavy atom. The molecule has 3 aromatic rings. The Labute approximate surface area is 172 Å². The first-order valence-corrected chi connectivity index (χ1v) is 9.25. The molecule has 1 aromatic carbocycles. The minimum Gasteiger partial charge on any atom is -0.435 e. The molecule has 160 valence electrons. The van der Waals surface area contributed by atoms with E-state index in [4.69, 9.17) is 12.2 Å². The van der Waals surface area contributed by atoms with Crippen LogP contribution in [0.3, 0.4) is 0 Å². The normalized spacial score (nSPS) is 13.1.